The van der Waals surface area contributed by atoms with E-state index in [0.29, 0.717) is 6.10 Å². The molecule has 0 bridgehead atoms. The van der Waals surface area contributed by atoms with Crippen molar-refractivity contribution in [1.82, 2.24) is 4.57 Å². The van der Waals surface area contributed by atoms with E-state index in [0.717, 1.165) is 19.6 Å². The second kappa shape index (κ2) is 4.53. The van der Waals surface area contributed by atoms with Crippen molar-refractivity contribution in [3.8, 4) is 0 Å². The first-order valence-corrected chi connectivity index (χ1v) is 6.50. The maximum atomic E-state index is 5.67. The molecule has 1 aliphatic heterocycles. The lowest BCUT2D eigenvalue weighted by atomic mass is 10.1. The zero-order chi connectivity index (χ0) is 11.7. The highest BCUT2D eigenvalue weighted by Crippen LogP contribution is 2.21. The lowest BCUT2D eigenvalue weighted by Gasteiger charge is -2.11. The largest absolute Gasteiger partial charge is 0.378 e. The monoisotopic (exact) mass is 229 g/mol. The Kier molecular flexibility index (Phi) is 2.89. The molecule has 0 spiro atoms. The van der Waals surface area contributed by atoms with Crippen LogP contribution in [0.3, 0.4) is 0 Å². The van der Waals surface area contributed by atoms with Gasteiger partial charge >= 0.3 is 0 Å². The average Bonchev–Trinajstić information content (AvgIpc) is 2.95. The quantitative estimate of drug-likeness (QED) is 0.785. The predicted octanol–water partition coefficient (Wildman–Crippen LogP) is 3.52. The lowest BCUT2D eigenvalue weighted by Crippen LogP contribution is -2.09. The van der Waals surface area contributed by atoms with Gasteiger partial charge in [0.2, 0.25) is 0 Å². The van der Waals surface area contributed by atoms with E-state index in [4.69, 9.17) is 4.74 Å². The van der Waals surface area contributed by atoms with Gasteiger partial charge in [-0.3, -0.25) is 0 Å². The number of fused-ring (bicyclic) bond motifs is 1. The average molecular weight is 229 g/mol. The molecular formula is C15H19NO. The molecule has 1 aliphatic rings. The number of ether oxygens (including phenoxy) is 1. The number of hydrogen-bond acceptors (Lipinski definition) is 1. The van der Waals surface area contributed by atoms with E-state index in [2.05, 4.69) is 42.0 Å². The van der Waals surface area contributed by atoms with Gasteiger partial charge in [-0.25, -0.2) is 0 Å². The highest BCUT2D eigenvalue weighted by atomic mass is 16.5. The number of aryl methyl sites for hydroxylation is 2. The normalized spacial score (nSPS) is 20.2. The molecule has 3 rings (SSSR count). The maximum absolute atomic E-state index is 5.67. The van der Waals surface area contributed by atoms with E-state index in [1.165, 1.54) is 29.3 Å². The molecule has 0 aliphatic carbocycles. The standard InChI is InChI=1S/C15H19NO/c1-12-4-2-6-15-14(12)8-10-16(15)9-7-13-5-3-11-17-13/h2,4,6,8,10,13H,3,5,7,9,11H2,1H3. The second-order valence-corrected chi connectivity index (χ2v) is 4.94. The van der Waals surface area contributed by atoms with Gasteiger partial charge in [0.1, 0.15) is 0 Å². The fourth-order valence-electron chi connectivity index (χ4n) is 2.73. The van der Waals surface area contributed by atoms with E-state index >= 15 is 0 Å². The van der Waals surface area contributed by atoms with Crippen LogP contribution in [0.1, 0.15) is 24.8 Å². The molecule has 2 heterocycles. The molecule has 90 valence electrons. The number of hydrogen-bond donors (Lipinski definition) is 0. The van der Waals surface area contributed by atoms with Gasteiger partial charge in [0.25, 0.3) is 0 Å². The van der Waals surface area contributed by atoms with E-state index in [-0.39, 0.29) is 0 Å². The van der Waals surface area contributed by atoms with E-state index in [9.17, 15) is 0 Å². The predicted molar refractivity (Wildman–Crippen MR) is 70.3 cm³/mol. The van der Waals surface area contributed by atoms with E-state index in [1.54, 1.807) is 0 Å². The van der Waals surface area contributed by atoms with Crippen LogP contribution in [0, 0.1) is 6.92 Å². The van der Waals surface area contributed by atoms with Gasteiger partial charge in [-0.05, 0) is 43.9 Å². The van der Waals surface area contributed by atoms with Crippen LogP contribution in [-0.4, -0.2) is 17.3 Å². The third-order valence-electron chi connectivity index (χ3n) is 3.75. The number of aromatic nitrogens is 1. The summed E-state index contributed by atoms with van der Waals surface area (Å²) in [5.41, 5.74) is 2.71. The van der Waals surface area contributed by atoms with Gasteiger partial charge < -0.3 is 9.30 Å². The fourth-order valence-corrected chi connectivity index (χ4v) is 2.73. The maximum Gasteiger partial charge on any atom is 0.0593 e. The van der Waals surface area contributed by atoms with Crippen molar-refractivity contribution in [2.75, 3.05) is 6.61 Å². The first kappa shape index (κ1) is 10.8. The van der Waals surface area contributed by atoms with Crippen LogP contribution in [0.4, 0.5) is 0 Å². The SMILES string of the molecule is Cc1cccc2c1ccn2CCC1CCCO1. The van der Waals surface area contributed by atoms with Crippen molar-refractivity contribution in [2.45, 2.75) is 38.8 Å². The highest BCUT2D eigenvalue weighted by Gasteiger charge is 2.15. The highest BCUT2D eigenvalue weighted by molar-refractivity contribution is 5.83. The number of rotatable bonds is 3. The topological polar surface area (TPSA) is 14.2 Å². The summed E-state index contributed by atoms with van der Waals surface area (Å²) >= 11 is 0. The van der Waals surface area contributed by atoms with Crippen LogP contribution in [0.2, 0.25) is 0 Å². The van der Waals surface area contributed by atoms with Gasteiger partial charge in [0, 0.05) is 30.3 Å². The first-order valence-electron chi connectivity index (χ1n) is 6.50. The molecule has 0 N–H and O–H groups in total. The molecule has 1 aromatic carbocycles. The fraction of sp³-hybridized carbons (Fsp3) is 0.467. The van der Waals surface area contributed by atoms with Gasteiger partial charge in [-0.15, -0.1) is 0 Å². The lowest BCUT2D eigenvalue weighted by molar-refractivity contribution is 0.101. The summed E-state index contributed by atoms with van der Waals surface area (Å²) in [4.78, 5) is 0. The molecule has 0 radical (unpaired) electrons. The molecule has 2 aromatic rings. The van der Waals surface area contributed by atoms with Crippen LogP contribution >= 0.6 is 0 Å². The molecule has 1 atom stereocenters. The zero-order valence-corrected chi connectivity index (χ0v) is 10.4. The van der Waals surface area contributed by atoms with Crippen LogP contribution < -0.4 is 0 Å². The number of benzene rings is 1. The molecule has 1 aromatic heterocycles. The second-order valence-electron chi connectivity index (χ2n) is 4.94. The minimum atomic E-state index is 0.484. The molecule has 2 heteroatoms. The van der Waals surface area contributed by atoms with Gasteiger partial charge in [0.05, 0.1) is 6.10 Å². The summed E-state index contributed by atoms with van der Waals surface area (Å²) in [5, 5.41) is 1.37. The minimum absolute atomic E-state index is 0.484. The van der Waals surface area contributed by atoms with Crippen LogP contribution in [0.25, 0.3) is 10.9 Å². The van der Waals surface area contributed by atoms with Gasteiger partial charge in [-0.2, -0.15) is 0 Å². The molecule has 1 fully saturated rings. The summed E-state index contributed by atoms with van der Waals surface area (Å²) in [6.45, 7) is 4.20. The number of nitrogens with zero attached hydrogens (tertiary/aromatic N) is 1. The summed E-state index contributed by atoms with van der Waals surface area (Å²) < 4.78 is 8.02. The smallest absolute Gasteiger partial charge is 0.0593 e. The van der Waals surface area contributed by atoms with Crippen molar-refractivity contribution >= 4 is 10.9 Å². The van der Waals surface area contributed by atoms with E-state index < -0.39 is 0 Å². The Hall–Kier alpha value is -1.28. The third-order valence-corrected chi connectivity index (χ3v) is 3.75. The summed E-state index contributed by atoms with van der Waals surface area (Å²) in [5.74, 6) is 0. The molecule has 1 saturated heterocycles. The minimum Gasteiger partial charge on any atom is -0.378 e. The Labute approximate surface area is 102 Å². The van der Waals surface area contributed by atoms with Crippen molar-refractivity contribution in [3.05, 3.63) is 36.0 Å². The molecule has 0 amide bonds. The van der Waals surface area contributed by atoms with E-state index in [1.807, 2.05) is 0 Å². The molecule has 2 nitrogen and oxygen atoms in total. The zero-order valence-electron chi connectivity index (χ0n) is 10.4. The van der Waals surface area contributed by atoms with Crippen molar-refractivity contribution in [2.24, 2.45) is 0 Å². The Balaban J connectivity index is 1.78. The Morgan fingerprint density at radius 3 is 3.12 bits per heavy atom. The molecule has 0 saturated carbocycles. The van der Waals surface area contributed by atoms with Crippen LogP contribution in [-0.2, 0) is 11.3 Å². The Morgan fingerprint density at radius 2 is 2.29 bits per heavy atom. The third kappa shape index (κ3) is 2.09. The summed E-state index contributed by atoms with van der Waals surface area (Å²) in [6.07, 6.45) is 6.29. The Bertz CT molecular complexity index is 509. The Morgan fingerprint density at radius 1 is 1.35 bits per heavy atom. The van der Waals surface area contributed by atoms with Crippen molar-refractivity contribution < 1.29 is 4.74 Å². The molecular weight excluding hydrogens is 210 g/mol. The van der Waals surface area contributed by atoms with Crippen LogP contribution in [0.15, 0.2) is 30.5 Å². The van der Waals surface area contributed by atoms with Crippen molar-refractivity contribution in [1.29, 1.82) is 0 Å². The first-order chi connectivity index (χ1) is 8.34. The van der Waals surface area contributed by atoms with Crippen molar-refractivity contribution in [3.63, 3.8) is 0 Å². The van der Waals surface area contributed by atoms with Gasteiger partial charge in [-0.1, -0.05) is 12.1 Å². The van der Waals surface area contributed by atoms with Gasteiger partial charge in [0.15, 0.2) is 0 Å². The summed E-state index contributed by atoms with van der Waals surface area (Å²) in [7, 11) is 0. The van der Waals surface area contributed by atoms with Crippen LogP contribution in [0.5, 0.6) is 0 Å². The summed E-state index contributed by atoms with van der Waals surface area (Å²) in [6, 6.07) is 8.74. The molecule has 1 unspecified atom stereocenters. The molecule has 17 heavy (non-hydrogen) atoms.